The highest BCUT2D eigenvalue weighted by Gasteiger charge is 2.51. The molecule has 0 heterocycles. The van der Waals surface area contributed by atoms with Crippen LogP contribution in [0.4, 0.5) is 0 Å². The number of fused-ring (bicyclic) bond motifs is 4. The Kier molecular flexibility index (Phi) is 2.72. The van der Waals surface area contributed by atoms with Gasteiger partial charge in [-0.15, -0.1) is 0 Å². The van der Waals surface area contributed by atoms with Gasteiger partial charge in [0.2, 0.25) is 0 Å². The van der Waals surface area contributed by atoms with Crippen LogP contribution in [0.1, 0.15) is 59.3 Å². The van der Waals surface area contributed by atoms with Gasteiger partial charge in [-0.3, -0.25) is 4.79 Å². The molecule has 0 aromatic heterocycles. The van der Waals surface area contributed by atoms with Crippen molar-refractivity contribution in [3.05, 3.63) is 34.9 Å². The second kappa shape index (κ2) is 4.21. The number of hydrogen-bond acceptors (Lipinski definition) is 1. The van der Waals surface area contributed by atoms with E-state index in [9.17, 15) is 4.79 Å². The van der Waals surface area contributed by atoms with Gasteiger partial charge in [0, 0.05) is 6.42 Å². The molecule has 4 atom stereocenters. The number of ketones is 1. The van der Waals surface area contributed by atoms with Crippen LogP contribution >= 0.6 is 0 Å². The fraction of sp³-hybridized carbons (Fsp3) is 0.650. The maximum atomic E-state index is 11.8. The largest absolute Gasteiger partial charge is 0.295 e. The van der Waals surface area contributed by atoms with Gasteiger partial charge in [-0.2, -0.15) is 0 Å². The van der Waals surface area contributed by atoms with Crippen LogP contribution in [-0.4, -0.2) is 5.78 Å². The molecule has 0 amide bonds. The normalized spacial score (nSPS) is 45.1. The van der Waals surface area contributed by atoms with Crippen molar-refractivity contribution in [2.45, 2.75) is 59.3 Å². The van der Waals surface area contributed by atoms with E-state index in [1.807, 2.05) is 6.08 Å². The van der Waals surface area contributed by atoms with Gasteiger partial charge >= 0.3 is 0 Å². The first kappa shape index (κ1) is 13.5. The number of carbonyl (C=O) groups excluding carboxylic acids is 1. The van der Waals surface area contributed by atoms with E-state index in [0.717, 1.165) is 18.8 Å². The lowest BCUT2D eigenvalue weighted by atomic mass is 9.54. The van der Waals surface area contributed by atoms with Gasteiger partial charge in [0.25, 0.3) is 0 Å². The van der Waals surface area contributed by atoms with Gasteiger partial charge < -0.3 is 0 Å². The van der Waals surface area contributed by atoms with Crippen molar-refractivity contribution >= 4 is 5.78 Å². The second-order valence-corrected chi connectivity index (χ2v) is 8.20. The molecule has 0 aromatic rings. The van der Waals surface area contributed by atoms with Crippen molar-refractivity contribution in [2.24, 2.45) is 22.7 Å². The minimum absolute atomic E-state index is 0.206. The van der Waals surface area contributed by atoms with Gasteiger partial charge in [0.1, 0.15) is 0 Å². The van der Waals surface area contributed by atoms with E-state index in [1.165, 1.54) is 31.3 Å². The van der Waals surface area contributed by atoms with Crippen LogP contribution in [0.2, 0.25) is 0 Å². The highest BCUT2D eigenvalue weighted by atomic mass is 16.1. The second-order valence-electron chi connectivity index (χ2n) is 8.20. The van der Waals surface area contributed by atoms with Gasteiger partial charge in [-0.1, -0.05) is 38.5 Å². The molecule has 0 N–H and O–H groups in total. The first-order valence-electron chi connectivity index (χ1n) is 8.62. The van der Waals surface area contributed by atoms with E-state index in [4.69, 9.17) is 0 Å². The van der Waals surface area contributed by atoms with E-state index < -0.39 is 0 Å². The molecule has 1 heteroatoms. The van der Waals surface area contributed by atoms with Crippen molar-refractivity contribution in [1.82, 2.24) is 0 Å². The molecule has 4 unspecified atom stereocenters. The molecular formula is C20H26O. The zero-order valence-electron chi connectivity index (χ0n) is 13.5. The minimum atomic E-state index is 0.206. The smallest absolute Gasteiger partial charge is 0.156 e. The molecule has 0 radical (unpaired) electrons. The van der Waals surface area contributed by atoms with Gasteiger partial charge in [-0.25, -0.2) is 0 Å². The SMILES string of the molecule is CC1CCC2=C3C=CC4=CC(=O)CCC4(C)C3CCC21C. The summed E-state index contributed by atoms with van der Waals surface area (Å²) in [6.45, 7) is 7.34. The van der Waals surface area contributed by atoms with Gasteiger partial charge in [-0.05, 0) is 72.0 Å². The summed E-state index contributed by atoms with van der Waals surface area (Å²) in [5.41, 5.74) is 5.33. The molecule has 4 aliphatic carbocycles. The standard InChI is InChI=1S/C20H26O/c1-13-4-7-17-16-6-5-14-12-15(21)8-10-20(14,3)18(16)9-11-19(13,17)2/h5-6,12-13,18H,4,7-11H2,1-3H3. The Morgan fingerprint density at radius 1 is 1.05 bits per heavy atom. The molecular weight excluding hydrogens is 256 g/mol. The van der Waals surface area contributed by atoms with Crippen LogP contribution in [0, 0.1) is 22.7 Å². The van der Waals surface area contributed by atoms with E-state index in [2.05, 4.69) is 32.9 Å². The lowest BCUT2D eigenvalue weighted by Gasteiger charge is -2.50. The number of rotatable bonds is 0. The fourth-order valence-electron chi connectivity index (χ4n) is 5.55. The van der Waals surface area contributed by atoms with Crippen LogP contribution < -0.4 is 0 Å². The average Bonchev–Trinajstić information content (AvgIpc) is 2.76. The van der Waals surface area contributed by atoms with E-state index in [1.54, 1.807) is 11.1 Å². The Bertz CT molecular complexity index is 605. The Labute approximate surface area is 128 Å². The summed E-state index contributed by atoms with van der Waals surface area (Å²) in [6.07, 6.45) is 13.6. The molecule has 4 rings (SSSR count). The molecule has 1 nitrogen and oxygen atoms in total. The molecule has 0 aliphatic heterocycles. The van der Waals surface area contributed by atoms with E-state index in [0.29, 0.717) is 17.1 Å². The molecule has 0 saturated heterocycles. The van der Waals surface area contributed by atoms with Crippen LogP contribution in [-0.2, 0) is 4.79 Å². The minimum Gasteiger partial charge on any atom is -0.295 e. The zero-order chi connectivity index (χ0) is 14.8. The van der Waals surface area contributed by atoms with Gasteiger partial charge in [0.15, 0.2) is 5.78 Å². The van der Waals surface area contributed by atoms with Crippen LogP contribution in [0.3, 0.4) is 0 Å². The summed E-state index contributed by atoms with van der Waals surface area (Å²) < 4.78 is 0. The predicted octanol–water partition coefficient (Wildman–Crippen LogP) is 4.99. The number of carbonyl (C=O) groups is 1. The zero-order valence-corrected chi connectivity index (χ0v) is 13.5. The third-order valence-corrected chi connectivity index (χ3v) is 7.36. The third-order valence-electron chi connectivity index (χ3n) is 7.36. The van der Waals surface area contributed by atoms with Crippen molar-refractivity contribution in [2.75, 3.05) is 0 Å². The Morgan fingerprint density at radius 3 is 2.67 bits per heavy atom. The third kappa shape index (κ3) is 1.67. The van der Waals surface area contributed by atoms with Gasteiger partial charge in [0.05, 0.1) is 0 Å². The topological polar surface area (TPSA) is 17.1 Å². The molecule has 0 aromatic carbocycles. The first-order chi connectivity index (χ1) is 9.95. The van der Waals surface area contributed by atoms with Crippen LogP contribution in [0.5, 0.6) is 0 Å². The number of allylic oxidation sites excluding steroid dienone is 6. The fourth-order valence-corrected chi connectivity index (χ4v) is 5.55. The summed E-state index contributed by atoms with van der Waals surface area (Å²) in [5, 5.41) is 0. The lowest BCUT2D eigenvalue weighted by Crippen LogP contribution is -2.40. The predicted molar refractivity (Wildman–Crippen MR) is 85.8 cm³/mol. The lowest BCUT2D eigenvalue weighted by molar-refractivity contribution is -0.115. The summed E-state index contributed by atoms with van der Waals surface area (Å²) in [6, 6.07) is 0. The van der Waals surface area contributed by atoms with Crippen molar-refractivity contribution in [1.29, 1.82) is 0 Å². The van der Waals surface area contributed by atoms with E-state index in [-0.39, 0.29) is 5.41 Å². The molecule has 21 heavy (non-hydrogen) atoms. The van der Waals surface area contributed by atoms with Crippen LogP contribution in [0.15, 0.2) is 34.9 Å². The van der Waals surface area contributed by atoms with E-state index >= 15 is 0 Å². The summed E-state index contributed by atoms with van der Waals surface area (Å²) in [7, 11) is 0. The average molecular weight is 282 g/mol. The van der Waals surface area contributed by atoms with Crippen LogP contribution in [0.25, 0.3) is 0 Å². The summed E-state index contributed by atoms with van der Waals surface area (Å²) in [5.74, 6) is 1.79. The quantitative estimate of drug-likeness (QED) is 0.611. The molecule has 0 spiro atoms. The van der Waals surface area contributed by atoms with Crippen molar-refractivity contribution in [3.63, 3.8) is 0 Å². The molecule has 4 aliphatic rings. The number of hydrogen-bond donors (Lipinski definition) is 0. The van der Waals surface area contributed by atoms with Crippen molar-refractivity contribution < 1.29 is 4.79 Å². The first-order valence-corrected chi connectivity index (χ1v) is 8.62. The maximum absolute atomic E-state index is 11.8. The Balaban J connectivity index is 1.87. The summed E-state index contributed by atoms with van der Waals surface area (Å²) >= 11 is 0. The molecule has 1 saturated carbocycles. The molecule has 112 valence electrons. The Morgan fingerprint density at radius 2 is 1.86 bits per heavy atom. The summed E-state index contributed by atoms with van der Waals surface area (Å²) in [4.78, 5) is 11.8. The molecule has 1 fully saturated rings. The monoisotopic (exact) mass is 282 g/mol. The molecule has 0 bridgehead atoms. The maximum Gasteiger partial charge on any atom is 0.156 e. The highest BCUT2D eigenvalue weighted by molar-refractivity contribution is 5.92. The van der Waals surface area contributed by atoms with Crippen molar-refractivity contribution in [3.8, 4) is 0 Å². The Hall–Kier alpha value is -1.11. The highest BCUT2D eigenvalue weighted by Crippen LogP contribution is 2.62.